The zero-order valence-corrected chi connectivity index (χ0v) is 13.5. The Hall–Kier alpha value is -1.29. The van der Waals surface area contributed by atoms with Crippen molar-refractivity contribution in [3.8, 4) is 11.5 Å². The van der Waals surface area contributed by atoms with Gasteiger partial charge in [0.1, 0.15) is 0 Å². The Kier molecular flexibility index (Phi) is 5.45. The summed E-state index contributed by atoms with van der Waals surface area (Å²) in [6, 6.07) is 1.80. The minimum absolute atomic E-state index is 0.238. The van der Waals surface area contributed by atoms with Crippen LogP contribution in [0.1, 0.15) is 38.8 Å². The Balaban J connectivity index is 2.16. The van der Waals surface area contributed by atoms with Gasteiger partial charge in [-0.3, -0.25) is 4.98 Å². The van der Waals surface area contributed by atoms with E-state index in [1.807, 2.05) is 0 Å². The second kappa shape index (κ2) is 7.12. The molecule has 3 unspecified atom stereocenters. The molecule has 0 amide bonds. The molecular weight excluding hydrogens is 266 g/mol. The molecule has 1 aliphatic carbocycles. The molecule has 1 saturated carbocycles. The standard InChI is InChI=1S/C17H27NO3/c1-11(2)12-5-6-15(19)13(9-12)10-14-17(21-4)16(20-3)7-8-18-14/h7-8,11-13,15,19H,5-6,9-10H2,1-4H3. The summed E-state index contributed by atoms with van der Waals surface area (Å²) >= 11 is 0. The molecular formula is C17H27NO3. The highest BCUT2D eigenvalue weighted by Crippen LogP contribution is 2.38. The molecule has 0 saturated heterocycles. The normalized spacial score (nSPS) is 25.9. The van der Waals surface area contributed by atoms with Crippen molar-refractivity contribution in [2.24, 2.45) is 17.8 Å². The lowest BCUT2D eigenvalue weighted by atomic mass is 9.73. The fraction of sp³-hybridized carbons (Fsp3) is 0.706. The highest BCUT2D eigenvalue weighted by atomic mass is 16.5. The van der Waals surface area contributed by atoms with Crippen LogP contribution in [0.15, 0.2) is 12.3 Å². The highest BCUT2D eigenvalue weighted by molar-refractivity contribution is 5.42. The van der Waals surface area contributed by atoms with Gasteiger partial charge in [-0.25, -0.2) is 0 Å². The van der Waals surface area contributed by atoms with Crippen molar-refractivity contribution in [2.45, 2.75) is 45.6 Å². The molecule has 21 heavy (non-hydrogen) atoms. The summed E-state index contributed by atoms with van der Waals surface area (Å²) in [6.07, 6.45) is 5.31. The number of aliphatic hydroxyl groups is 1. The van der Waals surface area contributed by atoms with Crippen LogP contribution in [0.25, 0.3) is 0 Å². The summed E-state index contributed by atoms with van der Waals surface area (Å²) in [6.45, 7) is 4.54. The lowest BCUT2D eigenvalue weighted by Crippen LogP contribution is -2.32. The third-order valence-corrected chi connectivity index (χ3v) is 4.75. The van der Waals surface area contributed by atoms with Crippen molar-refractivity contribution in [1.82, 2.24) is 4.98 Å². The number of aliphatic hydroxyl groups excluding tert-OH is 1. The van der Waals surface area contributed by atoms with Gasteiger partial charge in [0.15, 0.2) is 11.5 Å². The van der Waals surface area contributed by atoms with Crippen LogP contribution >= 0.6 is 0 Å². The van der Waals surface area contributed by atoms with E-state index in [1.165, 1.54) is 0 Å². The van der Waals surface area contributed by atoms with E-state index < -0.39 is 0 Å². The quantitative estimate of drug-likeness (QED) is 0.906. The summed E-state index contributed by atoms with van der Waals surface area (Å²) < 4.78 is 10.8. The molecule has 1 aromatic heterocycles. The van der Waals surface area contributed by atoms with E-state index in [4.69, 9.17) is 9.47 Å². The van der Waals surface area contributed by atoms with Gasteiger partial charge >= 0.3 is 0 Å². The summed E-state index contributed by atoms with van der Waals surface area (Å²) in [5.74, 6) is 3.00. The van der Waals surface area contributed by atoms with Gasteiger partial charge in [0.25, 0.3) is 0 Å². The number of ether oxygens (including phenoxy) is 2. The molecule has 0 radical (unpaired) electrons. The predicted octanol–water partition coefficient (Wildman–Crippen LogP) is 3.07. The summed E-state index contributed by atoms with van der Waals surface area (Å²) in [5.41, 5.74) is 0.880. The molecule has 1 aromatic rings. The zero-order chi connectivity index (χ0) is 15.4. The number of nitrogens with zero attached hydrogens (tertiary/aromatic N) is 1. The zero-order valence-electron chi connectivity index (χ0n) is 13.5. The monoisotopic (exact) mass is 293 g/mol. The highest BCUT2D eigenvalue weighted by Gasteiger charge is 2.31. The minimum atomic E-state index is -0.238. The maximum atomic E-state index is 10.3. The average molecular weight is 293 g/mol. The molecule has 1 heterocycles. The van der Waals surface area contributed by atoms with Crippen LogP contribution in [-0.2, 0) is 6.42 Å². The van der Waals surface area contributed by atoms with Gasteiger partial charge in [-0.15, -0.1) is 0 Å². The van der Waals surface area contributed by atoms with Crippen molar-refractivity contribution in [2.75, 3.05) is 14.2 Å². The van der Waals surface area contributed by atoms with Crippen molar-refractivity contribution in [1.29, 1.82) is 0 Å². The molecule has 0 bridgehead atoms. The first kappa shape index (κ1) is 16.1. The number of aromatic nitrogens is 1. The molecule has 118 valence electrons. The SMILES string of the molecule is COc1ccnc(CC2CC(C(C)C)CCC2O)c1OC. The van der Waals surface area contributed by atoms with Crippen molar-refractivity contribution >= 4 is 0 Å². The third-order valence-electron chi connectivity index (χ3n) is 4.75. The number of pyridine rings is 1. The van der Waals surface area contributed by atoms with Gasteiger partial charge in [0.05, 0.1) is 26.0 Å². The van der Waals surface area contributed by atoms with Gasteiger partial charge in [-0.1, -0.05) is 13.8 Å². The van der Waals surface area contributed by atoms with E-state index in [2.05, 4.69) is 18.8 Å². The Morgan fingerprint density at radius 1 is 1.29 bits per heavy atom. The fourth-order valence-electron chi connectivity index (χ4n) is 3.35. The van der Waals surface area contributed by atoms with Crippen LogP contribution in [0.5, 0.6) is 11.5 Å². The Bertz CT molecular complexity index is 461. The molecule has 4 heteroatoms. The summed E-state index contributed by atoms with van der Waals surface area (Å²) in [5, 5.41) is 10.3. The first-order valence-corrected chi connectivity index (χ1v) is 7.80. The van der Waals surface area contributed by atoms with Crippen molar-refractivity contribution in [3.63, 3.8) is 0 Å². The van der Waals surface area contributed by atoms with E-state index >= 15 is 0 Å². The van der Waals surface area contributed by atoms with E-state index in [1.54, 1.807) is 26.5 Å². The van der Waals surface area contributed by atoms with E-state index in [0.717, 1.165) is 31.4 Å². The summed E-state index contributed by atoms with van der Waals surface area (Å²) in [7, 11) is 3.27. The first-order chi connectivity index (χ1) is 10.1. The van der Waals surface area contributed by atoms with Gasteiger partial charge in [0.2, 0.25) is 0 Å². The first-order valence-electron chi connectivity index (χ1n) is 7.80. The largest absolute Gasteiger partial charge is 0.493 e. The van der Waals surface area contributed by atoms with E-state index in [-0.39, 0.29) is 12.0 Å². The Labute approximate surface area is 127 Å². The van der Waals surface area contributed by atoms with Gasteiger partial charge in [0, 0.05) is 12.3 Å². The average Bonchev–Trinajstić information content (AvgIpc) is 2.48. The molecule has 1 N–H and O–H groups in total. The maximum Gasteiger partial charge on any atom is 0.182 e. The van der Waals surface area contributed by atoms with Gasteiger partial charge in [-0.05, 0) is 43.4 Å². The number of hydrogen-bond donors (Lipinski definition) is 1. The predicted molar refractivity (Wildman–Crippen MR) is 82.7 cm³/mol. The molecule has 2 rings (SSSR count). The molecule has 4 nitrogen and oxygen atoms in total. The maximum absolute atomic E-state index is 10.3. The second-order valence-corrected chi connectivity index (χ2v) is 6.34. The number of hydrogen-bond acceptors (Lipinski definition) is 4. The summed E-state index contributed by atoms with van der Waals surface area (Å²) in [4.78, 5) is 4.44. The molecule has 0 aromatic carbocycles. The smallest absolute Gasteiger partial charge is 0.182 e. The molecule has 0 aliphatic heterocycles. The van der Waals surface area contributed by atoms with Gasteiger partial charge in [-0.2, -0.15) is 0 Å². The molecule has 3 atom stereocenters. The lowest BCUT2D eigenvalue weighted by molar-refractivity contribution is 0.0371. The van der Waals surface area contributed by atoms with Crippen molar-refractivity contribution < 1.29 is 14.6 Å². The van der Waals surface area contributed by atoms with Crippen LogP contribution in [0.4, 0.5) is 0 Å². The minimum Gasteiger partial charge on any atom is -0.493 e. The van der Waals surface area contributed by atoms with E-state index in [0.29, 0.717) is 23.3 Å². The number of rotatable bonds is 5. The van der Waals surface area contributed by atoms with Crippen molar-refractivity contribution in [3.05, 3.63) is 18.0 Å². The molecule has 1 fully saturated rings. The van der Waals surface area contributed by atoms with Crippen LogP contribution in [0.3, 0.4) is 0 Å². The van der Waals surface area contributed by atoms with Crippen LogP contribution in [0, 0.1) is 17.8 Å². The van der Waals surface area contributed by atoms with Crippen LogP contribution in [-0.4, -0.2) is 30.4 Å². The fourth-order valence-corrected chi connectivity index (χ4v) is 3.35. The Morgan fingerprint density at radius 3 is 2.67 bits per heavy atom. The lowest BCUT2D eigenvalue weighted by Gasteiger charge is -2.35. The molecule has 0 spiro atoms. The Morgan fingerprint density at radius 2 is 2.05 bits per heavy atom. The topological polar surface area (TPSA) is 51.6 Å². The number of methoxy groups -OCH3 is 2. The van der Waals surface area contributed by atoms with Crippen LogP contribution in [0.2, 0.25) is 0 Å². The molecule has 1 aliphatic rings. The van der Waals surface area contributed by atoms with Crippen LogP contribution < -0.4 is 9.47 Å². The van der Waals surface area contributed by atoms with Gasteiger partial charge < -0.3 is 14.6 Å². The van der Waals surface area contributed by atoms with E-state index in [9.17, 15) is 5.11 Å². The third kappa shape index (κ3) is 3.67. The second-order valence-electron chi connectivity index (χ2n) is 6.34.